The maximum atomic E-state index is 8.81. The van der Waals surface area contributed by atoms with Gasteiger partial charge in [0.1, 0.15) is 5.82 Å². The third-order valence-electron chi connectivity index (χ3n) is 6.22. The van der Waals surface area contributed by atoms with Crippen LogP contribution >= 0.6 is 0 Å². The first-order valence-corrected chi connectivity index (χ1v) is 11.0. The Labute approximate surface area is 187 Å². The molecule has 0 atom stereocenters. The monoisotopic (exact) mass is 432 g/mol. The maximum absolute atomic E-state index is 8.81. The van der Waals surface area contributed by atoms with Crippen molar-refractivity contribution in [3.63, 3.8) is 0 Å². The number of anilines is 2. The molecule has 0 aliphatic carbocycles. The Hall–Kier alpha value is -3.30. The quantitative estimate of drug-likeness (QED) is 0.573. The van der Waals surface area contributed by atoms with Crippen LogP contribution in [0, 0.1) is 5.41 Å². The summed E-state index contributed by atoms with van der Waals surface area (Å²) in [5, 5.41) is 13.1. The molecule has 2 aliphatic heterocycles. The topological polar surface area (TPSA) is 109 Å². The molecule has 2 fully saturated rings. The zero-order chi connectivity index (χ0) is 22.1. The van der Waals surface area contributed by atoms with Crippen molar-refractivity contribution >= 4 is 17.2 Å². The fourth-order valence-corrected chi connectivity index (χ4v) is 4.14. The number of aryl methyl sites for hydroxylation is 1. The van der Waals surface area contributed by atoms with E-state index in [2.05, 4.69) is 19.9 Å². The van der Waals surface area contributed by atoms with Crippen molar-refractivity contribution in [1.29, 1.82) is 5.41 Å². The van der Waals surface area contributed by atoms with Crippen LogP contribution < -0.4 is 10.6 Å². The van der Waals surface area contributed by atoms with E-state index < -0.39 is 0 Å². The summed E-state index contributed by atoms with van der Waals surface area (Å²) in [6.45, 7) is 8.37. The molecule has 0 unspecified atom stereocenters. The molecule has 0 bridgehead atoms. The highest BCUT2D eigenvalue weighted by molar-refractivity contribution is 6.13. The first-order chi connectivity index (χ1) is 15.6. The van der Waals surface area contributed by atoms with E-state index in [1.54, 1.807) is 12.4 Å². The molecule has 3 aromatic rings. The summed E-state index contributed by atoms with van der Waals surface area (Å²) in [6, 6.07) is 8.25. The summed E-state index contributed by atoms with van der Waals surface area (Å²) in [4.78, 5) is 14.0. The summed E-state index contributed by atoms with van der Waals surface area (Å²) >= 11 is 0. The van der Waals surface area contributed by atoms with Gasteiger partial charge in [0, 0.05) is 50.0 Å². The van der Waals surface area contributed by atoms with E-state index in [1.807, 2.05) is 42.1 Å². The van der Waals surface area contributed by atoms with Crippen molar-refractivity contribution in [3.05, 3.63) is 54.1 Å². The first-order valence-electron chi connectivity index (χ1n) is 11.0. The molecule has 0 aromatic carbocycles. The predicted octanol–water partition coefficient (Wildman–Crippen LogP) is 1.88. The largest absolute Gasteiger partial charge is 0.397 e. The first kappa shape index (κ1) is 20.6. The van der Waals surface area contributed by atoms with Gasteiger partial charge in [-0.05, 0) is 25.1 Å². The molecule has 5 heterocycles. The minimum atomic E-state index is 0.293. The molecule has 9 nitrogen and oxygen atoms in total. The minimum absolute atomic E-state index is 0.293. The van der Waals surface area contributed by atoms with E-state index in [-0.39, 0.29) is 0 Å². The average Bonchev–Trinajstić information content (AvgIpc) is 3.28. The molecule has 3 aromatic heterocycles. The molecule has 2 aliphatic rings. The van der Waals surface area contributed by atoms with Crippen molar-refractivity contribution in [1.82, 2.24) is 24.6 Å². The Bertz CT molecular complexity index is 1110. The number of nitrogens with one attached hydrogen (secondary N) is 1. The lowest BCUT2D eigenvalue weighted by molar-refractivity contribution is -0.0661. The second kappa shape index (κ2) is 8.68. The maximum Gasteiger partial charge on any atom is 0.129 e. The van der Waals surface area contributed by atoms with Gasteiger partial charge in [-0.2, -0.15) is 5.10 Å². The minimum Gasteiger partial charge on any atom is -0.397 e. The summed E-state index contributed by atoms with van der Waals surface area (Å²) < 4.78 is 7.17. The smallest absolute Gasteiger partial charge is 0.129 e. The molecule has 2 saturated heterocycles. The molecule has 3 N–H and O–H groups in total. The van der Waals surface area contributed by atoms with Crippen LogP contribution in [0.4, 0.5) is 11.5 Å². The Kier molecular flexibility index (Phi) is 5.59. The SMILES string of the molecule is CCn1cc(-c2cc(C(=N)c3cccc(N4CCN(C5COC5)CC4)n3)c(N)cn2)cn1. The lowest BCUT2D eigenvalue weighted by Gasteiger charge is -2.42. The van der Waals surface area contributed by atoms with Crippen LogP contribution in [-0.4, -0.2) is 75.8 Å². The van der Waals surface area contributed by atoms with Crippen LogP contribution in [0.1, 0.15) is 18.2 Å². The number of nitrogen functional groups attached to an aromatic ring is 1. The number of rotatable bonds is 6. The van der Waals surface area contributed by atoms with Crippen LogP contribution in [-0.2, 0) is 11.3 Å². The number of hydrogen-bond acceptors (Lipinski definition) is 8. The second-order valence-corrected chi connectivity index (χ2v) is 8.21. The van der Waals surface area contributed by atoms with Gasteiger partial charge in [0.2, 0.25) is 0 Å². The van der Waals surface area contributed by atoms with Crippen molar-refractivity contribution in [3.8, 4) is 11.3 Å². The number of hydrogen-bond donors (Lipinski definition) is 2. The molecule has 0 saturated carbocycles. The number of ether oxygens (including phenoxy) is 1. The molecular weight excluding hydrogens is 404 g/mol. The van der Waals surface area contributed by atoms with Crippen molar-refractivity contribution < 1.29 is 4.74 Å². The number of pyridine rings is 2. The molecule has 0 radical (unpaired) electrons. The zero-order valence-corrected chi connectivity index (χ0v) is 18.2. The lowest BCUT2D eigenvalue weighted by Crippen LogP contribution is -2.56. The molecule has 32 heavy (non-hydrogen) atoms. The molecule has 166 valence electrons. The summed E-state index contributed by atoms with van der Waals surface area (Å²) in [7, 11) is 0. The Morgan fingerprint density at radius 1 is 1.19 bits per heavy atom. The average molecular weight is 433 g/mol. The number of aromatic nitrogens is 4. The Morgan fingerprint density at radius 2 is 2.00 bits per heavy atom. The van der Waals surface area contributed by atoms with Crippen LogP contribution in [0.15, 0.2) is 42.9 Å². The van der Waals surface area contributed by atoms with Gasteiger partial charge >= 0.3 is 0 Å². The van der Waals surface area contributed by atoms with E-state index in [1.165, 1.54) is 0 Å². The van der Waals surface area contributed by atoms with Crippen LogP contribution in [0.25, 0.3) is 11.3 Å². The normalized spacial score (nSPS) is 17.3. The highest BCUT2D eigenvalue weighted by Gasteiger charge is 2.29. The Balaban J connectivity index is 1.35. The van der Waals surface area contributed by atoms with Gasteiger partial charge in [0.25, 0.3) is 0 Å². The molecule has 5 rings (SSSR count). The third-order valence-corrected chi connectivity index (χ3v) is 6.22. The van der Waals surface area contributed by atoms with E-state index in [0.29, 0.717) is 28.7 Å². The van der Waals surface area contributed by atoms with Gasteiger partial charge < -0.3 is 15.4 Å². The molecule has 0 amide bonds. The van der Waals surface area contributed by atoms with E-state index >= 15 is 0 Å². The van der Waals surface area contributed by atoms with Crippen molar-refractivity contribution in [2.24, 2.45) is 0 Å². The van der Waals surface area contributed by atoms with Gasteiger partial charge in [-0.3, -0.25) is 20.0 Å². The van der Waals surface area contributed by atoms with Gasteiger partial charge in [-0.1, -0.05) is 6.07 Å². The number of piperazine rings is 1. The second-order valence-electron chi connectivity index (χ2n) is 8.21. The standard InChI is InChI=1S/C23H28N8O/c1-2-31-13-16(11-27-31)21-10-18(19(24)12-26-21)23(25)20-4-3-5-22(28-20)30-8-6-29(7-9-30)17-14-32-15-17/h3-5,10-13,17,25H,2,6-9,14-15,24H2,1H3. The van der Waals surface area contributed by atoms with Crippen LogP contribution in [0.5, 0.6) is 0 Å². The molecular formula is C23H28N8O. The summed E-state index contributed by atoms with van der Waals surface area (Å²) in [5.74, 6) is 0.897. The Morgan fingerprint density at radius 3 is 2.69 bits per heavy atom. The fourth-order valence-electron chi connectivity index (χ4n) is 4.14. The van der Waals surface area contributed by atoms with Crippen molar-refractivity contribution in [2.75, 3.05) is 50.0 Å². The van der Waals surface area contributed by atoms with Crippen molar-refractivity contribution in [2.45, 2.75) is 19.5 Å². The summed E-state index contributed by atoms with van der Waals surface area (Å²) in [6.07, 6.45) is 5.33. The number of nitrogens with two attached hydrogens (primary N) is 1. The summed E-state index contributed by atoms with van der Waals surface area (Å²) in [5.41, 5.74) is 9.83. The van der Waals surface area contributed by atoms with E-state index in [9.17, 15) is 0 Å². The van der Waals surface area contributed by atoms with E-state index in [0.717, 1.165) is 63.0 Å². The number of nitrogens with zero attached hydrogens (tertiary/aromatic N) is 6. The van der Waals surface area contributed by atoms with Crippen LogP contribution in [0.3, 0.4) is 0 Å². The molecule has 9 heteroatoms. The van der Waals surface area contributed by atoms with E-state index in [4.69, 9.17) is 20.9 Å². The fraction of sp³-hybridized carbons (Fsp3) is 0.391. The predicted molar refractivity (Wildman–Crippen MR) is 124 cm³/mol. The third kappa shape index (κ3) is 3.96. The van der Waals surface area contributed by atoms with Gasteiger partial charge in [-0.15, -0.1) is 0 Å². The highest BCUT2D eigenvalue weighted by Crippen LogP contribution is 2.24. The molecule has 0 spiro atoms. The highest BCUT2D eigenvalue weighted by atomic mass is 16.5. The lowest BCUT2D eigenvalue weighted by atomic mass is 10.0. The van der Waals surface area contributed by atoms with Gasteiger partial charge in [0.05, 0.1) is 54.4 Å². The van der Waals surface area contributed by atoms with Gasteiger partial charge in [-0.25, -0.2) is 4.98 Å². The zero-order valence-electron chi connectivity index (χ0n) is 18.2. The van der Waals surface area contributed by atoms with Gasteiger partial charge in [0.15, 0.2) is 0 Å². The van der Waals surface area contributed by atoms with Crippen LogP contribution in [0.2, 0.25) is 0 Å².